The van der Waals surface area contributed by atoms with E-state index in [0.717, 1.165) is 6.92 Å². The molecule has 23 heavy (non-hydrogen) atoms. The van der Waals surface area contributed by atoms with Crippen LogP contribution in [0.2, 0.25) is 0 Å². The number of hydrogen-bond donors (Lipinski definition) is 2. The van der Waals surface area contributed by atoms with Crippen molar-refractivity contribution < 1.29 is 32.7 Å². The molecule has 0 fully saturated rings. The molecular formula is C14H15F3N2O4. The second-order valence-electron chi connectivity index (χ2n) is 5.42. The van der Waals surface area contributed by atoms with Crippen LogP contribution in [0.15, 0.2) is 0 Å². The van der Waals surface area contributed by atoms with E-state index in [4.69, 9.17) is 0 Å². The lowest BCUT2D eigenvalue weighted by atomic mass is 10.0. The van der Waals surface area contributed by atoms with Gasteiger partial charge in [0, 0.05) is 12.2 Å². The van der Waals surface area contributed by atoms with Crippen LogP contribution in [0.25, 0.3) is 0 Å². The van der Waals surface area contributed by atoms with E-state index < -0.39 is 29.9 Å². The summed E-state index contributed by atoms with van der Waals surface area (Å²) in [6, 6.07) is -2.17. The first-order valence-corrected chi connectivity index (χ1v) is 6.92. The van der Waals surface area contributed by atoms with Gasteiger partial charge in [-0.3, -0.25) is 9.59 Å². The van der Waals surface area contributed by atoms with E-state index in [0.29, 0.717) is 25.1 Å². The standard InChI is InChI=1S/C14H15F3N2O4/c1-6-9(8-4-3-5-19(8)10(6)13(22)23)11(20)12(21)18-7(2)14(15,16)17/h7H,3-5H2,1-2H3,(H,18,21)(H,22,23). The van der Waals surface area contributed by atoms with Crippen LogP contribution < -0.4 is 5.32 Å². The zero-order chi connectivity index (χ0) is 17.5. The van der Waals surface area contributed by atoms with Crippen LogP contribution in [0.4, 0.5) is 13.2 Å². The zero-order valence-corrected chi connectivity index (χ0v) is 12.5. The third kappa shape index (κ3) is 2.95. The minimum atomic E-state index is -4.67. The third-order valence-electron chi connectivity index (χ3n) is 3.88. The molecule has 1 aliphatic heterocycles. The maximum absolute atomic E-state index is 12.5. The minimum absolute atomic E-state index is 0.0995. The number of nitrogens with zero attached hydrogens (tertiary/aromatic N) is 1. The number of carbonyl (C=O) groups excluding carboxylic acids is 2. The van der Waals surface area contributed by atoms with E-state index in [-0.39, 0.29) is 16.8 Å². The van der Waals surface area contributed by atoms with E-state index in [9.17, 15) is 32.7 Å². The maximum Gasteiger partial charge on any atom is 0.408 e. The van der Waals surface area contributed by atoms with Crippen LogP contribution in [0.3, 0.4) is 0 Å². The molecule has 0 saturated carbocycles. The summed E-state index contributed by atoms with van der Waals surface area (Å²) in [6.07, 6.45) is -3.66. The Labute approximate surface area is 129 Å². The fraction of sp³-hybridized carbons (Fsp3) is 0.500. The van der Waals surface area contributed by atoms with E-state index in [2.05, 4.69) is 0 Å². The normalized spacial score (nSPS) is 15.2. The van der Waals surface area contributed by atoms with Crippen molar-refractivity contribution in [2.45, 2.75) is 45.5 Å². The molecule has 0 bridgehead atoms. The summed E-state index contributed by atoms with van der Waals surface area (Å²) < 4.78 is 38.9. The number of halogens is 3. The van der Waals surface area contributed by atoms with E-state index in [1.54, 1.807) is 5.32 Å². The number of Topliss-reactive ketones (excluding diaryl/α,β-unsaturated/α-hetero) is 1. The number of alkyl halides is 3. The summed E-state index contributed by atoms with van der Waals surface area (Å²) in [6.45, 7) is 2.50. The van der Waals surface area contributed by atoms with Gasteiger partial charge in [-0.25, -0.2) is 4.79 Å². The number of hydrogen-bond acceptors (Lipinski definition) is 3. The highest BCUT2D eigenvalue weighted by molar-refractivity contribution is 6.43. The van der Waals surface area contributed by atoms with Gasteiger partial charge in [0.15, 0.2) is 0 Å². The molecule has 1 atom stereocenters. The number of carboxylic acids is 1. The van der Waals surface area contributed by atoms with Gasteiger partial charge in [-0.1, -0.05) is 0 Å². The summed E-state index contributed by atoms with van der Waals surface area (Å²) in [7, 11) is 0. The smallest absolute Gasteiger partial charge is 0.408 e. The molecule has 0 aromatic carbocycles. The number of aromatic nitrogens is 1. The average molecular weight is 332 g/mol. The Morgan fingerprint density at radius 1 is 1.30 bits per heavy atom. The number of fused-ring (bicyclic) bond motifs is 1. The van der Waals surface area contributed by atoms with Crippen LogP contribution in [0, 0.1) is 6.92 Å². The molecule has 2 N–H and O–H groups in total. The lowest BCUT2D eigenvalue weighted by Gasteiger charge is -2.16. The molecule has 0 radical (unpaired) electrons. The van der Waals surface area contributed by atoms with Crippen LogP contribution in [0.1, 0.15) is 45.4 Å². The Hall–Kier alpha value is -2.32. The SMILES string of the molecule is Cc1c(C(=O)C(=O)NC(C)C(F)(F)F)c2n(c1C(=O)O)CCC2. The predicted molar refractivity (Wildman–Crippen MR) is 72.4 cm³/mol. The average Bonchev–Trinajstić information content (AvgIpc) is 2.95. The van der Waals surface area contributed by atoms with Gasteiger partial charge in [-0.05, 0) is 32.3 Å². The fourth-order valence-electron chi connectivity index (χ4n) is 2.75. The summed E-state index contributed by atoms with van der Waals surface area (Å²) >= 11 is 0. The molecule has 1 aromatic heterocycles. The second kappa shape index (κ2) is 5.71. The monoisotopic (exact) mass is 332 g/mol. The molecule has 0 saturated heterocycles. The molecule has 0 aliphatic carbocycles. The van der Waals surface area contributed by atoms with Gasteiger partial charge in [-0.15, -0.1) is 0 Å². The van der Waals surface area contributed by atoms with Crippen molar-refractivity contribution >= 4 is 17.7 Å². The van der Waals surface area contributed by atoms with Crippen molar-refractivity contribution in [1.29, 1.82) is 0 Å². The highest BCUT2D eigenvalue weighted by Crippen LogP contribution is 2.29. The lowest BCUT2D eigenvalue weighted by molar-refractivity contribution is -0.156. The summed E-state index contributed by atoms with van der Waals surface area (Å²) in [5.41, 5.74) is 0.288. The van der Waals surface area contributed by atoms with Gasteiger partial charge in [0.25, 0.3) is 11.7 Å². The summed E-state index contributed by atoms with van der Waals surface area (Å²) in [5, 5.41) is 10.8. The number of amides is 1. The van der Waals surface area contributed by atoms with Gasteiger partial charge in [0.1, 0.15) is 11.7 Å². The first-order valence-electron chi connectivity index (χ1n) is 6.92. The highest BCUT2D eigenvalue weighted by atomic mass is 19.4. The van der Waals surface area contributed by atoms with Crippen LogP contribution in [-0.4, -0.2) is 39.6 Å². The molecule has 2 heterocycles. The van der Waals surface area contributed by atoms with E-state index in [1.807, 2.05) is 0 Å². The Morgan fingerprint density at radius 2 is 1.91 bits per heavy atom. The van der Waals surface area contributed by atoms with Crippen LogP contribution in [-0.2, 0) is 17.8 Å². The largest absolute Gasteiger partial charge is 0.477 e. The molecule has 126 valence electrons. The molecular weight excluding hydrogens is 317 g/mol. The predicted octanol–water partition coefficient (Wildman–Crippen LogP) is 1.69. The molecule has 1 amide bonds. The number of aromatic carboxylic acids is 1. The van der Waals surface area contributed by atoms with Gasteiger partial charge in [0.05, 0.1) is 5.56 Å². The second-order valence-corrected chi connectivity index (χ2v) is 5.42. The molecule has 9 heteroatoms. The van der Waals surface area contributed by atoms with Crippen molar-refractivity contribution in [3.63, 3.8) is 0 Å². The van der Waals surface area contributed by atoms with Crippen molar-refractivity contribution in [3.8, 4) is 0 Å². The van der Waals surface area contributed by atoms with Gasteiger partial charge >= 0.3 is 12.1 Å². The Morgan fingerprint density at radius 3 is 2.43 bits per heavy atom. The first-order chi connectivity index (χ1) is 10.6. The molecule has 0 spiro atoms. The number of rotatable bonds is 4. The zero-order valence-electron chi connectivity index (χ0n) is 12.5. The third-order valence-corrected chi connectivity index (χ3v) is 3.88. The van der Waals surface area contributed by atoms with Crippen molar-refractivity contribution in [2.24, 2.45) is 0 Å². The van der Waals surface area contributed by atoms with Crippen LogP contribution in [0.5, 0.6) is 0 Å². The van der Waals surface area contributed by atoms with Crippen molar-refractivity contribution in [3.05, 3.63) is 22.5 Å². The number of nitrogens with one attached hydrogen (secondary N) is 1. The van der Waals surface area contributed by atoms with E-state index in [1.165, 1.54) is 11.5 Å². The molecule has 1 aromatic rings. The maximum atomic E-state index is 12.5. The van der Waals surface area contributed by atoms with Gasteiger partial charge < -0.3 is 15.0 Å². The minimum Gasteiger partial charge on any atom is -0.477 e. The summed E-state index contributed by atoms with van der Waals surface area (Å²) in [5.74, 6) is -3.78. The Kier molecular flexibility index (Phi) is 4.23. The molecule has 2 rings (SSSR count). The first kappa shape index (κ1) is 17.0. The van der Waals surface area contributed by atoms with Crippen molar-refractivity contribution in [1.82, 2.24) is 9.88 Å². The van der Waals surface area contributed by atoms with Crippen LogP contribution >= 0.6 is 0 Å². The lowest BCUT2D eigenvalue weighted by Crippen LogP contribution is -2.46. The van der Waals surface area contributed by atoms with E-state index >= 15 is 0 Å². The Bertz CT molecular complexity index is 691. The quantitative estimate of drug-likeness (QED) is 0.649. The molecule has 1 aliphatic rings. The molecule has 6 nitrogen and oxygen atoms in total. The number of carbonyl (C=O) groups is 3. The van der Waals surface area contributed by atoms with Gasteiger partial charge in [-0.2, -0.15) is 13.2 Å². The number of ketones is 1. The van der Waals surface area contributed by atoms with Gasteiger partial charge in [0.2, 0.25) is 0 Å². The van der Waals surface area contributed by atoms with Crippen molar-refractivity contribution in [2.75, 3.05) is 0 Å². The number of carboxylic acid groups (broad SMARTS) is 1. The fourth-order valence-corrected chi connectivity index (χ4v) is 2.75. The summed E-state index contributed by atoms with van der Waals surface area (Å²) in [4.78, 5) is 35.4. The molecule has 1 unspecified atom stereocenters. The topological polar surface area (TPSA) is 88.4 Å². The highest BCUT2D eigenvalue weighted by Gasteiger charge is 2.39. The Balaban J connectivity index is 2.36.